The molecule has 1 unspecified atom stereocenters. The Kier molecular flexibility index (Phi) is 7.92. The Morgan fingerprint density at radius 3 is 2.74 bits per heavy atom. The standard InChI is InChI=1S/C27H30N4O3S/c1-5-15-33-25(32)23-19(4)28-26-29-27(35-16-6-2)30-31(26)24(23)21-13-9-10-14-22(21)34-17-20-12-8-7-11-18(20)3/h5,7-14,24H,1,6,15-17H2,2-4H3,(H,28,29,30). The Bertz CT molecular complexity index is 1250. The molecule has 7 nitrogen and oxygen atoms in total. The number of nitrogens with one attached hydrogen (secondary N) is 1. The van der Waals surface area contributed by atoms with Crippen molar-refractivity contribution in [2.75, 3.05) is 17.7 Å². The molecule has 0 amide bonds. The molecule has 1 N–H and O–H groups in total. The molecule has 3 aromatic rings. The van der Waals surface area contributed by atoms with E-state index in [1.165, 1.54) is 0 Å². The number of carbonyl (C=O) groups is 1. The fourth-order valence-corrected chi connectivity index (χ4v) is 4.60. The number of aryl methyl sites for hydroxylation is 1. The number of hydrogen-bond donors (Lipinski definition) is 1. The van der Waals surface area contributed by atoms with E-state index in [0.717, 1.165) is 28.9 Å². The summed E-state index contributed by atoms with van der Waals surface area (Å²) < 4.78 is 13.5. The number of anilines is 1. The van der Waals surface area contributed by atoms with Gasteiger partial charge in [0.05, 0.1) is 5.57 Å². The molecular formula is C27H30N4O3S. The molecule has 1 aliphatic heterocycles. The first-order valence-corrected chi connectivity index (χ1v) is 12.6. The zero-order chi connectivity index (χ0) is 24.8. The zero-order valence-electron chi connectivity index (χ0n) is 20.3. The van der Waals surface area contributed by atoms with Gasteiger partial charge in [-0.1, -0.05) is 73.8 Å². The third-order valence-corrected chi connectivity index (χ3v) is 6.72. The summed E-state index contributed by atoms with van der Waals surface area (Å²) in [5.74, 6) is 1.73. The number of thioether (sulfide) groups is 1. The number of ether oxygens (including phenoxy) is 2. The van der Waals surface area contributed by atoms with Crippen LogP contribution in [0.4, 0.5) is 5.95 Å². The Labute approximate surface area is 210 Å². The molecule has 2 aromatic carbocycles. The second-order valence-corrected chi connectivity index (χ2v) is 9.28. The summed E-state index contributed by atoms with van der Waals surface area (Å²) in [5, 5.41) is 8.65. The molecule has 0 bridgehead atoms. The molecule has 182 valence electrons. The summed E-state index contributed by atoms with van der Waals surface area (Å²) in [6, 6.07) is 15.3. The van der Waals surface area contributed by atoms with Crippen LogP contribution in [0.3, 0.4) is 0 Å². The molecule has 1 atom stereocenters. The summed E-state index contributed by atoms with van der Waals surface area (Å²) in [5.41, 5.74) is 4.20. The Hall–Kier alpha value is -3.52. The normalized spacial score (nSPS) is 14.8. The van der Waals surface area contributed by atoms with Crippen molar-refractivity contribution in [3.8, 4) is 5.75 Å². The molecule has 2 heterocycles. The van der Waals surface area contributed by atoms with Crippen molar-refractivity contribution in [3.63, 3.8) is 0 Å². The van der Waals surface area contributed by atoms with Gasteiger partial charge in [-0.05, 0) is 37.5 Å². The van der Waals surface area contributed by atoms with Crippen LogP contribution in [0.1, 0.15) is 43.0 Å². The van der Waals surface area contributed by atoms with E-state index in [1.54, 1.807) is 22.5 Å². The van der Waals surface area contributed by atoms with Crippen LogP contribution in [0.5, 0.6) is 5.75 Å². The maximum atomic E-state index is 13.2. The number of para-hydroxylation sites is 1. The minimum Gasteiger partial charge on any atom is -0.489 e. The molecule has 35 heavy (non-hydrogen) atoms. The van der Waals surface area contributed by atoms with E-state index in [-0.39, 0.29) is 6.61 Å². The van der Waals surface area contributed by atoms with Crippen LogP contribution in [-0.4, -0.2) is 33.1 Å². The monoisotopic (exact) mass is 490 g/mol. The SMILES string of the molecule is C=CCOC(=O)C1=C(C)Nc2nc(SCCC)nn2C1c1ccccc1OCc1ccccc1C. The number of aromatic nitrogens is 3. The van der Waals surface area contributed by atoms with Gasteiger partial charge in [0.1, 0.15) is 25.0 Å². The largest absolute Gasteiger partial charge is 0.489 e. The summed E-state index contributed by atoms with van der Waals surface area (Å²) in [7, 11) is 0. The summed E-state index contributed by atoms with van der Waals surface area (Å²) >= 11 is 1.59. The highest BCUT2D eigenvalue weighted by molar-refractivity contribution is 7.99. The number of esters is 1. The van der Waals surface area contributed by atoms with Crippen LogP contribution in [0.15, 0.2) is 77.6 Å². The van der Waals surface area contributed by atoms with Crippen molar-refractivity contribution in [1.29, 1.82) is 0 Å². The maximum absolute atomic E-state index is 13.2. The summed E-state index contributed by atoms with van der Waals surface area (Å²) in [4.78, 5) is 17.9. The highest BCUT2D eigenvalue weighted by Crippen LogP contribution is 2.40. The number of carbonyl (C=O) groups excluding carboxylic acids is 1. The number of fused-ring (bicyclic) bond motifs is 1. The molecule has 4 rings (SSSR count). The molecule has 0 saturated heterocycles. The van der Waals surface area contributed by atoms with E-state index in [1.807, 2.05) is 43.3 Å². The Morgan fingerprint density at radius 2 is 1.97 bits per heavy atom. The van der Waals surface area contributed by atoms with Gasteiger partial charge in [-0.2, -0.15) is 4.98 Å². The van der Waals surface area contributed by atoms with Crippen molar-refractivity contribution < 1.29 is 14.3 Å². The fourth-order valence-electron chi connectivity index (χ4n) is 3.92. The highest BCUT2D eigenvalue weighted by Gasteiger charge is 2.36. The van der Waals surface area contributed by atoms with Gasteiger partial charge < -0.3 is 14.8 Å². The van der Waals surface area contributed by atoms with Crippen LogP contribution in [0.25, 0.3) is 0 Å². The van der Waals surface area contributed by atoms with E-state index < -0.39 is 12.0 Å². The first-order valence-electron chi connectivity index (χ1n) is 11.6. The van der Waals surface area contributed by atoms with Crippen molar-refractivity contribution in [1.82, 2.24) is 14.8 Å². The molecule has 0 aliphatic carbocycles. The predicted molar refractivity (Wildman–Crippen MR) is 139 cm³/mol. The first kappa shape index (κ1) is 24.6. The second kappa shape index (κ2) is 11.3. The fraction of sp³-hybridized carbons (Fsp3) is 0.296. The molecule has 0 spiro atoms. The molecule has 1 aliphatic rings. The summed E-state index contributed by atoms with van der Waals surface area (Å²) in [6.45, 7) is 10.2. The number of benzene rings is 2. The first-order chi connectivity index (χ1) is 17.0. The molecule has 0 radical (unpaired) electrons. The van der Waals surface area contributed by atoms with Gasteiger partial charge in [0, 0.05) is 17.0 Å². The third kappa shape index (κ3) is 5.43. The quantitative estimate of drug-likeness (QED) is 0.222. The van der Waals surface area contributed by atoms with Gasteiger partial charge in [-0.3, -0.25) is 0 Å². The second-order valence-electron chi connectivity index (χ2n) is 8.22. The van der Waals surface area contributed by atoms with E-state index in [0.29, 0.717) is 34.7 Å². The Balaban J connectivity index is 1.76. The highest BCUT2D eigenvalue weighted by atomic mass is 32.2. The van der Waals surface area contributed by atoms with E-state index in [4.69, 9.17) is 14.6 Å². The van der Waals surface area contributed by atoms with Crippen LogP contribution in [0, 0.1) is 6.92 Å². The average Bonchev–Trinajstić information content (AvgIpc) is 3.27. The van der Waals surface area contributed by atoms with Crippen LogP contribution >= 0.6 is 11.8 Å². The molecule has 1 aromatic heterocycles. The minimum absolute atomic E-state index is 0.121. The molecule has 8 heteroatoms. The molecule has 0 fully saturated rings. The lowest BCUT2D eigenvalue weighted by Crippen LogP contribution is -2.30. The van der Waals surface area contributed by atoms with Crippen molar-refractivity contribution in [2.45, 2.75) is 45.0 Å². The smallest absolute Gasteiger partial charge is 0.338 e. The zero-order valence-corrected chi connectivity index (χ0v) is 21.1. The van der Waals surface area contributed by atoms with E-state index >= 15 is 0 Å². The minimum atomic E-state index is -0.555. The third-order valence-electron chi connectivity index (χ3n) is 5.68. The lowest BCUT2D eigenvalue weighted by molar-refractivity contribution is -0.138. The van der Waals surface area contributed by atoms with Gasteiger partial charge in [-0.25, -0.2) is 9.48 Å². The van der Waals surface area contributed by atoms with Gasteiger partial charge in [0.25, 0.3) is 0 Å². The van der Waals surface area contributed by atoms with Gasteiger partial charge >= 0.3 is 5.97 Å². The number of allylic oxidation sites excluding steroid dienone is 1. The van der Waals surface area contributed by atoms with E-state index in [2.05, 4.69) is 42.9 Å². The van der Waals surface area contributed by atoms with E-state index in [9.17, 15) is 4.79 Å². The maximum Gasteiger partial charge on any atom is 0.338 e. The van der Waals surface area contributed by atoms with Crippen LogP contribution < -0.4 is 10.1 Å². The van der Waals surface area contributed by atoms with Crippen LogP contribution in [-0.2, 0) is 16.1 Å². The lowest BCUT2D eigenvalue weighted by Gasteiger charge is -2.29. The molecule has 0 saturated carbocycles. The number of nitrogens with zero attached hydrogens (tertiary/aromatic N) is 3. The lowest BCUT2D eigenvalue weighted by atomic mass is 9.95. The van der Waals surface area contributed by atoms with Crippen molar-refractivity contribution >= 4 is 23.7 Å². The number of rotatable bonds is 10. The van der Waals surface area contributed by atoms with Gasteiger partial charge in [-0.15, -0.1) is 5.10 Å². The Morgan fingerprint density at radius 1 is 1.20 bits per heavy atom. The van der Waals surface area contributed by atoms with Crippen molar-refractivity contribution in [3.05, 3.63) is 89.1 Å². The van der Waals surface area contributed by atoms with Crippen LogP contribution in [0.2, 0.25) is 0 Å². The van der Waals surface area contributed by atoms with Crippen molar-refractivity contribution in [2.24, 2.45) is 0 Å². The summed E-state index contributed by atoms with van der Waals surface area (Å²) in [6.07, 6.45) is 2.57. The molecular weight excluding hydrogens is 460 g/mol. The van der Waals surface area contributed by atoms with Gasteiger partial charge in [0.2, 0.25) is 11.1 Å². The topological polar surface area (TPSA) is 78.3 Å². The predicted octanol–water partition coefficient (Wildman–Crippen LogP) is 5.69. The van der Waals surface area contributed by atoms with Gasteiger partial charge in [0.15, 0.2) is 0 Å². The number of hydrogen-bond acceptors (Lipinski definition) is 7. The average molecular weight is 491 g/mol.